The van der Waals surface area contributed by atoms with Gasteiger partial charge in [-0.3, -0.25) is 9.59 Å². The molecule has 3 amide bonds. The molecular formula is C31H31F3N2O5. The maximum Gasteiger partial charge on any atom is 0.416 e. The van der Waals surface area contributed by atoms with Crippen molar-refractivity contribution in [1.82, 2.24) is 4.90 Å². The zero-order valence-corrected chi connectivity index (χ0v) is 22.7. The quantitative estimate of drug-likeness (QED) is 0.322. The molecule has 1 aliphatic heterocycles. The van der Waals surface area contributed by atoms with Gasteiger partial charge in [-0.15, -0.1) is 0 Å². The first kappa shape index (κ1) is 29.6. The van der Waals surface area contributed by atoms with Gasteiger partial charge in [0.2, 0.25) is 11.8 Å². The summed E-state index contributed by atoms with van der Waals surface area (Å²) in [5.74, 6) is -0.880. The lowest BCUT2D eigenvalue weighted by Gasteiger charge is -2.24. The standard InChI is InChI=1S/C31H31F3N2O5/c1-3-23(29(38)36-25(19-41-30(36)39)16-20-7-5-4-6-8-20)15-22-11-14-27(40-2)26(17-22)35-28(37)18-21-9-12-24(13-10-21)31(32,33)34/h4-14,17,23,25H,3,15-16,18-19H2,1-2H3,(H,35,37)/t23-,25+/m0/s1. The SMILES string of the molecule is CC[C@@H](Cc1ccc(OC)c(NC(=O)Cc2ccc(C(F)(F)F)cc2)c1)C(=O)N1C(=O)OC[C@H]1Cc1ccccc1. The van der Waals surface area contributed by atoms with E-state index >= 15 is 0 Å². The number of cyclic esters (lactones) is 1. The molecule has 3 aromatic carbocycles. The van der Waals surface area contributed by atoms with Crippen molar-refractivity contribution >= 4 is 23.6 Å². The van der Waals surface area contributed by atoms with E-state index < -0.39 is 35.7 Å². The van der Waals surface area contributed by atoms with Crippen LogP contribution in [0, 0.1) is 5.92 Å². The maximum atomic E-state index is 13.5. The molecular weight excluding hydrogens is 537 g/mol. The Morgan fingerprint density at radius 2 is 1.71 bits per heavy atom. The molecule has 4 rings (SSSR count). The van der Waals surface area contributed by atoms with Gasteiger partial charge in [0.15, 0.2) is 0 Å². The Morgan fingerprint density at radius 1 is 1.02 bits per heavy atom. The Balaban J connectivity index is 1.45. The summed E-state index contributed by atoms with van der Waals surface area (Å²) in [4.78, 5) is 40.0. The van der Waals surface area contributed by atoms with E-state index in [1.54, 1.807) is 18.2 Å². The minimum Gasteiger partial charge on any atom is -0.495 e. The van der Waals surface area contributed by atoms with Gasteiger partial charge in [0, 0.05) is 5.92 Å². The molecule has 0 spiro atoms. The summed E-state index contributed by atoms with van der Waals surface area (Å²) in [7, 11) is 1.45. The lowest BCUT2D eigenvalue weighted by molar-refractivity contribution is -0.137. The van der Waals surface area contributed by atoms with Crippen molar-refractivity contribution in [3.05, 3.63) is 95.1 Å². The average Bonchev–Trinajstić information content (AvgIpc) is 3.31. The van der Waals surface area contributed by atoms with Crippen LogP contribution >= 0.6 is 0 Å². The Bertz CT molecular complexity index is 1380. The van der Waals surface area contributed by atoms with Crippen LogP contribution in [-0.2, 0) is 39.8 Å². The molecule has 1 saturated heterocycles. The zero-order valence-electron chi connectivity index (χ0n) is 22.7. The summed E-state index contributed by atoms with van der Waals surface area (Å²) < 4.78 is 49.1. The molecule has 0 unspecified atom stereocenters. The van der Waals surface area contributed by atoms with Gasteiger partial charge in [0.05, 0.1) is 30.8 Å². The van der Waals surface area contributed by atoms with E-state index in [1.807, 2.05) is 37.3 Å². The molecule has 2 atom stereocenters. The Hall–Kier alpha value is -4.34. The summed E-state index contributed by atoms with van der Waals surface area (Å²) in [6.07, 6.45) is -3.97. The van der Waals surface area contributed by atoms with Gasteiger partial charge in [-0.2, -0.15) is 13.2 Å². The first-order chi connectivity index (χ1) is 19.6. The topological polar surface area (TPSA) is 84.9 Å². The number of hydrogen-bond donors (Lipinski definition) is 1. The minimum atomic E-state index is -4.45. The summed E-state index contributed by atoms with van der Waals surface area (Å²) in [6.45, 7) is 2.00. The number of alkyl halides is 3. The lowest BCUT2D eigenvalue weighted by Crippen LogP contribution is -2.44. The van der Waals surface area contributed by atoms with Crippen LogP contribution in [0.2, 0.25) is 0 Å². The molecule has 0 saturated carbocycles. The molecule has 1 fully saturated rings. The third-order valence-corrected chi connectivity index (χ3v) is 7.02. The van der Waals surface area contributed by atoms with E-state index in [4.69, 9.17) is 9.47 Å². The third kappa shape index (κ3) is 7.45. The van der Waals surface area contributed by atoms with Gasteiger partial charge in [-0.25, -0.2) is 9.69 Å². The molecule has 1 aliphatic rings. The number of nitrogens with zero attached hydrogens (tertiary/aromatic N) is 1. The summed E-state index contributed by atoms with van der Waals surface area (Å²) >= 11 is 0. The number of carbonyl (C=O) groups is 3. The van der Waals surface area contributed by atoms with Crippen molar-refractivity contribution in [1.29, 1.82) is 0 Å². The fourth-order valence-electron chi connectivity index (χ4n) is 4.83. The van der Waals surface area contributed by atoms with Crippen LogP contribution in [0.15, 0.2) is 72.8 Å². The molecule has 7 nitrogen and oxygen atoms in total. The Morgan fingerprint density at radius 3 is 2.34 bits per heavy atom. The first-order valence-corrected chi connectivity index (χ1v) is 13.3. The fourth-order valence-corrected chi connectivity index (χ4v) is 4.83. The number of carbonyl (C=O) groups excluding carboxylic acids is 3. The van der Waals surface area contributed by atoms with Crippen molar-refractivity contribution in [2.45, 2.75) is 44.8 Å². The number of amides is 3. The number of ether oxygens (including phenoxy) is 2. The highest BCUT2D eigenvalue weighted by Crippen LogP contribution is 2.31. The predicted octanol–water partition coefficient (Wildman–Crippen LogP) is 6.05. The number of nitrogens with one attached hydrogen (secondary N) is 1. The number of methoxy groups -OCH3 is 1. The molecule has 1 N–H and O–H groups in total. The fraction of sp³-hybridized carbons (Fsp3) is 0.323. The molecule has 0 bridgehead atoms. The Kier molecular flexibility index (Phi) is 9.31. The smallest absolute Gasteiger partial charge is 0.416 e. The van der Waals surface area contributed by atoms with Crippen LogP contribution in [0.1, 0.15) is 35.6 Å². The van der Waals surface area contributed by atoms with E-state index in [1.165, 1.54) is 24.1 Å². The van der Waals surface area contributed by atoms with E-state index in [9.17, 15) is 27.6 Å². The van der Waals surface area contributed by atoms with Crippen LogP contribution < -0.4 is 10.1 Å². The Labute approximate surface area is 236 Å². The van der Waals surface area contributed by atoms with Crippen LogP contribution in [0.5, 0.6) is 5.75 Å². The van der Waals surface area contributed by atoms with Crippen molar-refractivity contribution in [2.75, 3.05) is 19.0 Å². The van der Waals surface area contributed by atoms with Gasteiger partial charge in [-0.05, 0) is 60.2 Å². The highest BCUT2D eigenvalue weighted by molar-refractivity contribution is 5.95. The number of rotatable bonds is 10. The van der Waals surface area contributed by atoms with Crippen LogP contribution in [0.25, 0.3) is 0 Å². The van der Waals surface area contributed by atoms with Gasteiger partial charge in [-0.1, -0.05) is 55.5 Å². The molecule has 0 radical (unpaired) electrons. The molecule has 10 heteroatoms. The number of halogens is 3. The van der Waals surface area contributed by atoms with E-state index in [-0.39, 0.29) is 18.9 Å². The normalized spacial score (nSPS) is 15.8. The maximum absolute atomic E-state index is 13.5. The van der Waals surface area contributed by atoms with Crippen molar-refractivity contribution in [3.8, 4) is 5.75 Å². The van der Waals surface area contributed by atoms with Crippen molar-refractivity contribution in [3.63, 3.8) is 0 Å². The van der Waals surface area contributed by atoms with E-state index in [0.29, 0.717) is 36.3 Å². The summed E-state index contributed by atoms with van der Waals surface area (Å²) in [6, 6.07) is 18.7. The first-order valence-electron chi connectivity index (χ1n) is 13.3. The van der Waals surface area contributed by atoms with Gasteiger partial charge in [0.25, 0.3) is 0 Å². The van der Waals surface area contributed by atoms with E-state index in [2.05, 4.69) is 5.32 Å². The highest BCUT2D eigenvalue weighted by Gasteiger charge is 2.40. The zero-order chi connectivity index (χ0) is 29.6. The second-order valence-corrected chi connectivity index (χ2v) is 9.89. The molecule has 0 aromatic heterocycles. The summed E-state index contributed by atoms with van der Waals surface area (Å²) in [5, 5.41) is 2.76. The van der Waals surface area contributed by atoms with E-state index in [0.717, 1.165) is 23.3 Å². The number of imide groups is 1. The monoisotopic (exact) mass is 568 g/mol. The van der Waals surface area contributed by atoms with Gasteiger partial charge >= 0.3 is 12.3 Å². The molecule has 216 valence electrons. The van der Waals surface area contributed by atoms with Gasteiger partial charge in [0.1, 0.15) is 12.4 Å². The highest BCUT2D eigenvalue weighted by atomic mass is 19.4. The van der Waals surface area contributed by atoms with Crippen LogP contribution in [0.4, 0.5) is 23.7 Å². The second-order valence-electron chi connectivity index (χ2n) is 9.89. The molecule has 3 aromatic rings. The average molecular weight is 569 g/mol. The van der Waals surface area contributed by atoms with Crippen molar-refractivity contribution in [2.24, 2.45) is 5.92 Å². The number of benzene rings is 3. The lowest BCUT2D eigenvalue weighted by atomic mass is 9.94. The van der Waals surface area contributed by atoms with Gasteiger partial charge < -0.3 is 14.8 Å². The largest absolute Gasteiger partial charge is 0.495 e. The third-order valence-electron chi connectivity index (χ3n) is 7.02. The molecule has 0 aliphatic carbocycles. The predicted molar refractivity (Wildman–Crippen MR) is 146 cm³/mol. The second kappa shape index (κ2) is 12.9. The molecule has 41 heavy (non-hydrogen) atoms. The van der Waals surface area contributed by atoms with Crippen LogP contribution in [-0.4, -0.2) is 42.6 Å². The minimum absolute atomic E-state index is 0.132. The number of hydrogen-bond acceptors (Lipinski definition) is 5. The number of anilines is 1. The van der Waals surface area contributed by atoms with Crippen LogP contribution in [0.3, 0.4) is 0 Å². The molecule has 1 heterocycles. The van der Waals surface area contributed by atoms with Crippen molar-refractivity contribution < 1.29 is 37.0 Å². The summed E-state index contributed by atoms with van der Waals surface area (Å²) in [5.41, 5.74) is 1.73.